The van der Waals surface area contributed by atoms with E-state index in [1.165, 1.54) is 4.90 Å². The second kappa shape index (κ2) is 9.36. The number of nitrogens with zero attached hydrogens (tertiary/aromatic N) is 1. The van der Waals surface area contributed by atoms with Gasteiger partial charge >= 0.3 is 5.97 Å². The molecule has 2 aromatic rings. The average molecular weight is 354 g/mol. The van der Waals surface area contributed by atoms with E-state index in [1.807, 2.05) is 30.3 Å². The van der Waals surface area contributed by atoms with Crippen molar-refractivity contribution < 1.29 is 19.5 Å². The molecule has 2 rings (SSSR count). The number of nitrogens with one attached hydrogen (secondary N) is 1. The molecule has 0 saturated heterocycles. The summed E-state index contributed by atoms with van der Waals surface area (Å²) in [6, 6.07) is 17.1. The van der Waals surface area contributed by atoms with E-state index in [1.54, 1.807) is 37.3 Å². The number of hydrogen-bond acceptors (Lipinski definition) is 3. The Morgan fingerprint density at radius 2 is 1.58 bits per heavy atom. The van der Waals surface area contributed by atoms with Gasteiger partial charge in [-0.05, 0) is 24.6 Å². The topological polar surface area (TPSA) is 86.7 Å². The lowest BCUT2D eigenvalue weighted by Gasteiger charge is -2.26. The molecular formula is C20H22N2O4. The van der Waals surface area contributed by atoms with E-state index in [-0.39, 0.29) is 18.9 Å². The van der Waals surface area contributed by atoms with Crippen LogP contribution in [0.25, 0.3) is 0 Å². The Morgan fingerprint density at radius 3 is 2.12 bits per heavy atom. The summed E-state index contributed by atoms with van der Waals surface area (Å²) >= 11 is 0. The second-order valence-electron chi connectivity index (χ2n) is 5.83. The van der Waals surface area contributed by atoms with Gasteiger partial charge < -0.3 is 15.3 Å². The Bertz CT molecular complexity index is 747. The minimum absolute atomic E-state index is 0.248. The van der Waals surface area contributed by atoms with Gasteiger partial charge in [0.15, 0.2) is 0 Å². The first-order chi connectivity index (χ1) is 12.5. The van der Waals surface area contributed by atoms with Gasteiger partial charge in [-0.1, -0.05) is 48.5 Å². The van der Waals surface area contributed by atoms with Gasteiger partial charge in [0.05, 0.1) is 0 Å². The molecule has 0 heterocycles. The minimum atomic E-state index is -1.09. The lowest BCUT2D eigenvalue weighted by Crippen LogP contribution is -2.50. The number of amides is 2. The van der Waals surface area contributed by atoms with E-state index in [0.717, 1.165) is 5.56 Å². The van der Waals surface area contributed by atoms with Gasteiger partial charge in [-0.25, -0.2) is 0 Å². The lowest BCUT2D eigenvalue weighted by molar-refractivity contribution is -0.145. The van der Waals surface area contributed by atoms with Crippen LogP contribution in [0.1, 0.15) is 22.8 Å². The molecule has 2 aromatic carbocycles. The Hall–Kier alpha value is -3.15. The molecule has 26 heavy (non-hydrogen) atoms. The molecule has 0 saturated carbocycles. The van der Waals surface area contributed by atoms with Gasteiger partial charge in [-0.15, -0.1) is 0 Å². The first kappa shape index (κ1) is 19.2. The summed E-state index contributed by atoms with van der Waals surface area (Å²) in [5, 5.41) is 11.8. The predicted octanol–water partition coefficient (Wildman–Crippen LogP) is 1.96. The fourth-order valence-electron chi connectivity index (χ4n) is 2.61. The van der Waals surface area contributed by atoms with Gasteiger partial charge in [0, 0.05) is 18.5 Å². The number of benzene rings is 2. The summed E-state index contributed by atoms with van der Waals surface area (Å²) in [6.07, 6.45) is 0.286. The monoisotopic (exact) mass is 354 g/mol. The number of rotatable bonds is 8. The summed E-state index contributed by atoms with van der Waals surface area (Å²) in [4.78, 5) is 37.6. The van der Waals surface area contributed by atoms with Crippen molar-refractivity contribution in [2.75, 3.05) is 13.1 Å². The standard InChI is InChI=1S/C20H22N2O4/c1-2-22(14-18(23)24)20(26)17(13-15-9-5-3-6-10-15)21-19(25)16-11-7-4-8-12-16/h3-12,17H,2,13-14H2,1H3,(H,21,25)(H,23,24). The van der Waals surface area contributed by atoms with Gasteiger partial charge in [0.25, 0.3) is 5.91 Å². The van der Waals surface area contributed by atoms with Crippen molar-refractivity contribution in [3.05, 3.63) is 71.8 Å². The van der Waals surface area contributed by atoms with E-state index in [9.17, 15) is 14.4 Å². The molecule has 6 nitrogen and oxygen atoms in total. The molecule has 1 atom stereocenters. The molecule has 2 N–H and O–H groups in total. The van der Waals surface area contributed by atoms with E-state index in [0.29, 0.717) is 5.56 Å². The molecule has 6 heteroatoms. The number of carboxylic acids is 1. The zero-order valence-corrected chi connectivity index (χ0v) is 14.6. The number of carbonyl (C=O) groups excluding carboxylic acids is 2. The molecule has 2 amide bonds. The van der Waals surface area contributed by atoms with E-state index in [4.69, 9.17) is 5.11 Å². The molecule has 0 aliphatic heterocycles. The highest BCUT2D eigenvalue weighted by molar-refractivity contribution is 5.98. The number of carbonyl (C=O) groups is 3. The van der Waals surface area contributed by atoms with Crippen molar-refractivity contribution in [2.45, 2.75) is 19.4 Å². The first-order valence-electron chi connectivity index (χ1n) is 8.41. The van der Waals surface area contributed by atoms with E-state index >= 15 is 0 Å². The van der Waals surface area contributed by atoms with Crippen molar-refractivity contribution in [3.8, 4) is 0 Å². The maximum Gasteiger partial charge on any atom is 0.323 e. The molecule has 1 unspecified atom stereocenters. The van der Waals surface area contributed by atoms with Gasteiger partial charge in [-0.2, -0.15) is 0 Å². The average Bonchev–Trinajstić information content (AvgIpc) is 2.66. The smallest absolute Gasteiger partial charge is 0.323 e. The van der Waals surface area contributed by atoms with E-state index in [2.05, 4.69) is 5.32 Å². The summed E-state index contributed by atoms with van der Waals surface area (Å²) in [7, 11) is 0. The number of aliphatic carboxylic acids is 1. The first-order valence-corrected chi connectivity index (χ1v) is 8.41. The Kier molecular flexibility index (Phi) is 6.91. The van der Waals surface area contributed by atoms with Crippen LogP contribution < -0.4 is 5.32 Å². The molecule has 0 aromatic heterocycles. The van der Waals surface area contributed by atoms with Crippen LogP contribution in [0.2, 0.25) is 0 Å². The summed E-state index contributed by atoms with van der Waals surface area (Å²) < 4.78 is 0. The highest BCUT2D eigenvalue weighted by Crippen LogP contribution is 2.08. The van der Waals surface area contributed by atoms with Crippen LogP contribution in [0.4, 0.5) is 0 Å². The maximum absolute atomic E-state index is 12.8. The van der Waals surface area contributed by atoms with Gasteiger partial charge in [-0.3, -0.25) is 14.4 Å². The molecule has 0 spiro atoms. The minimum Gasteiger partial charge on any atom is -0.480 e. The van der Waals surface area contributed by atoms with Crippen LogP contribution in [0.3, 0.4) is 0 Å². The third kappa shape index (κ3) is 5.44. The van der Waals surface area contributed by atoms with E-state index < -0.39 is 24.5 Å². The molecule has 0 aliphatic rings. The molecular weight excluding hydrogens is 332 g/mol. The highest BCUT2D eigenvalue weighted by atomic mass is 16.4. The highest BCUT2D eigenvalue weighted by Gasteiger charge is 2.27. The van der Waals surface area contributed by atoms with Crippen LogP contribution in [0.5, 0.6) is 0 Å². The van der Waals surface area contributed by atoms with Crippen LogP contribution in [-0.2, 0) is 16.0 Å². The molecule has 0 fully saturated rings. The summed E-state index contributed by atoms with van der Waals surface area (Å²) in [5.74, 6) is -1.87. The molecule has 0 radical (unpaired) electrons. The Balaban J connectivity index is 2.21. The quantitative estimate of drug-likeness (QED) is 0.759. The van der Waals surface area contributed by atoms with Crippen LogP contribution in [0.15, 0.2) is 60.7 Å². The zero-order chi connectivity index (χ0) is 18.9. The largest absolute Gasteiger partial charge is 0.480 e. The summed E-state index contributed by atoms with van der Waals surface area (Å²) in [5.41, 5.74) is 1.32. The van der Waals surface area contributed by atoms with Crippen molar-refractivity contribution in [3.63, 3.8) is 0 Å². The molecule has 136 valence electrons. The van der Waals surface area contributed by atoms with Crippen LogP contribution in [-0.4, -0.2) is 46.9 Å². The van der Waals surface area contributed by atoms with Gasteiger partial charge in [0.2, 0.25) is 5.91 Å². The SMILES string of the molecule is CCN(CC(=O)O)C(=O)C(Cc1ccccc1)NC(=O)c1ccccc1. The number of carboxylic acid groups (broad SMARTS) is 1. The van der Waals surface area contributed by atoms with Gasteiger partial charge in [0.1, 0.15) is 12.6 Å². The van der Waals surface area contributed by atoms with Crippen molar-refractivity contribution in [1.82, 2.24) is 10.2 Å². The third-order valence-electron chi connectivity index (χ3n) is 3.94. The Labute approximate surface area is 152 Å². The van der Waals surface area contributed by atoms with Crippen molar-refractivity contribution >= 4 is 17.8 Å². The number of hydrogen-bond donors (Lipinski definition) is 2. The number of likely N-dealkylation sites (N-methyl/N-ethyl adjacent to an activating group) is 1. The molecule has 0 aliphatic carbocycles. The Morgan fingerprint density at radius 1 is 1.00 bits per heavy atom. The lowest BCUT2D eigenvalue weighted by atomic mass is 10.0. The van der Waals surface area contributed by atoms with Crippen LogP contribution >= 0.6 is 0 Å². The molecule has 0 bridgehead atoms. The maximum atomic E-state index is 12.8. The summed E-state index contributed by atoms with van der Waals surface area (Å²) in [6.45, 7) is 1.55. The second-order valence-corrected chi connectivity index (χ2v) is 5.83. The van der Waals surface area contributed by atoms with Crippen LogP contribution in [0, 0.1) is 0 Å². The van der Waals surface area contributed by atoms with Crippen molar-refractivity contribution in [1.29, 1.82) is 0 Å². The normalized spacial score (nSPS) is 11.4. The fraction of sp³-hybridized carbons (Fsp3) is 0.250. The third-order valence-corrected chi connectivity index (χ3v) is 3.94. The fourth-order valence-corrected chi connectivity index (χ4v) is 2.61. The predicted molar refractivity (Wildman–Crippen MR) is 97.7 cm³/mol. The zero-order valence-electron chi connectivity index (χ0n) is 14.6. The van der Waals surface area contributed by atoms with Crippen molar-refractivity contribution in [2.24, 2.45) is 0 Å².